The first-order valence-electron chi connectivity index (χ1n) is 9.20. The number of fused-ring (bicyclic) bond motifs is 1. The minimum absolute atomic E-state index is 0.187. The summed E-state index contributed by atoms with van der Waals surface area (Å²) in [6.07, 6.45) is 3.33. The number of carbonyl (C=O) groups is 1. The van der Waals surface area contributed by atoms with Crippen LogP contribution in [0.15, 0.2) is 41.1 Å². The molecule has 0 radical (unpaired) electrons. The molecule has 1 atom stereocenters. The Bertz CT molecular complexity index is 1140. The first-order chi connectivity index (χ1) is 13.5. The van der Waals surface area contributed by atoms with E-state index in [0.717, 1.165) is 23.3 Å². The maximum atomic E-state index is 13.2. The number of carbonyl (C=O) groups excluding carboxylic acids is 1. The summed E-state index contributed by atoms with van der Waals surface area (Å²) in [6.45, 7) is 6.59. The summed E-state index contributed by atoms with van der Waals surface area (Å²) in [7, 11) is 1.82. The molecule has 0 spiro atoms. The van der Waals surface area contributed by atoms with Gasteiger partial charge >= 0.3 is 0 Å². The maximum Gasteiger partial charge on any atom is 0.252 e. The third kappa shape index (κ3) is 2.96. The zero-order chi connectivity index (χ0) is 19.8. The van der Waals surface area contributed by atoms with Crippen LogP contribution in [0, 0.1) is 6.92 Å². The number of rotatable bonds is 5. The molecule has 28 heavy (non-hydrogen) atoms. The highest BCUT2D eigenvalue weighted by molar-refractivity contribution is 6.07. The summed E-state index contributed by atoms with van der Waals surface area (Å²) in [5.74, 6) is 0.416. The first kappa shape index (κ1) is 18.0. The van der Waals surface area contributed by atoms with Gasteiger partial charge in [0.15, 0.2) is 11.4 Å². The molecule has 8 heteroatoms. The Balaban J connectivity index is 1.77. The van der Waals surface area contributed by atoms with Gasteiger partial charge in [0.2, 0.25) is 0 Å². The summed E-state index contributed by atoms with van der Waals surface area (Å²) >= 11 is 0. The molecule has 144 valence electrons. The third-order valence-electron chi connectivity index (χ3n) is 4.83. The number of hydrogen-bond donors (Lipinski definition) is 1. The Morgan fingerprint density at radius 3 is 2.89 bits per heavy atom. The summed E-state index contributed by atoms with van der Waals surface area (Å²) < 4.78 is 9.04. The quantitative estimate of drug-likeness (QED) is 0.576. The predicted molar refractivity (Wildman–Crippen MR) is 105 cm³/mol. The fourth-order valence-electron chi connectivity index (χ4n) is 3.50. The minimum Gasteiger partial charge on any atom is -0.463 e. The van der Waals surface area contributed by atoms with Gasteiger partial charge in [-0.2, -0.15) is 10.2 Å². The lowest BCUT2D eigenvalue weighted by atomic mass is 10.1. The molecule has 0 aromatic carbocycles. The van der Waals surface area contributed by atoms with Crippen LogP contribution in [0.4, 0.5) is 0 Å². The monoisotopic (exact) mass is 378 g/mol. The highest BCUT2D eigenvalue weighted by Crippen LogP contribution is 2.27. The van der Waals surface area contributed by atoms with Gasteiger partial charge in [-0.1, -0.05) is 0 Å². The molecule has 0 fully saturated rings. The second kappa shape index (κ2) is 6.95. The number of aryl methyl sites for hydroxylation is 3. The molecule has 8 nitrogen and oxygen atoms in total. The van der Waals surface area contributed by atoms with Gasteiger partial charge in [-0.3, -0.25) is 14.2 Å². The molecular formula is C20H22N6O2. The average molecular weight is 378 g/mol. The topological polar surface area (TPSA) is 90.8 Å². The van der Waals surface area contributed by atoms with Crippen LogP contribution >= 0.6 is 0 Å². The lowest BCUT2D eigenvalue weighted by molar-refractivity contribution is 0.0940. The molecule has 0 saturated heterocycles. The number of hydrogen-bond acceptors (Lipinski definition) is 5. The molecule has 4 rings (SSSR count). The van der Waals surface area contributed by atoms with Crippen molar-refractivity contribution >= 4 is 16.9 Å². The number of nitrogens with one attached hydrogen (secondary N) is 1. The predicted octanol–water partition coefficient (Wildman–Crippen LogP) is 3.24. The summed E-state index contributed by atoms with van der Waals surface area (Å²) in [5.41, 5.74) is 3.47. The number of pyridine rings is 1. The van der Waals surface area contributed by atoms with Gasteiger partial charge < -0.3 is 9.73 Å². The Kier molecular flexibility index (Phi) is 4.46. The maximum absolute atomic E-state index is 13.2. The number of nitrogens with zero attached hydrogens (tertiary/aromatic N) is 5. The lowest BCUT2D eigenvalue weighted by Crippen LogP contribution is -2.28. The van der Waals surface area contributed by atoms with Gasteiger partial charge in [-0.25, -0.2) is 4.98 Å². The van der Waals surface area contributed by atoms with Crippen molar-refractivity contribution in [1.82, 2.24) is 29.9 Å². The van der Waals surface area contributed by atoms with Crippen molar-refractivity contribution in [2.75, 3.05) is 0 Å². The largest absolute Gasteiger partial charge is 0.463 e. The summed E-state index contributed by atoms with van der Waals surface area (Å²) in [4.78, 5) is 17.9. The van der Waals surface area contributed by atoms with Gasteiger partial charge in [-0.15, -0.1) is 0 Å². The van der Waals surface area contributed by atoms with Crippen molar-refractivity contribution in [2.24, 2.45) is 7.05 Å². The van der Waals surface area contributed by atoms with Crippen LogP contribution in [0.5, 0.6) is 0 Å². The van der Waals surface area contributed by atoms with Crippen LogP contribution in [0.25, 0.3) is 22.5 Å². The summed E-state index contributed by atoms with van der Waals surface area (Å²) in [5, 5.41) is 12.5. The number of furan rings is 1. The molecule has 0 aliphatic heterocycles. The lowest BCUT2D eigenvalue weighted by Gasteiger charge is -2.16. The van der Waals surface area contributed by atoms with Crippen molar-refractivity contribution < 1.29 is 9.21 Å². The molecule has 4 heterocycles. The molecule has 0 aliphatic rings. The van der Waals surface area contributed by atoms with Gasteiger partial charge in [0.1, 0.15) is 5.69 Å². The van der Waals surface area contributed by atoms with E-state index in [1.54, 1.807) is 29.3 Å². The van der Waals surface area contributed by atoms with E-state index in [4.69, 9.17) is 4.42 Å². The van der Waals surface area contributed by atoms with E-state index in [2.05, 4.69) is 20.5 Å². The van der Waals surface area contributed by atoms with E-state index in [0.29, 0.717) is 22.7 Å². The zero-order valence-electron chi connectivity index (χ0n) is 16.3. The molecule has 4 aromatic heterocycles. The van der Waals surface area contributed by atoms with Crippen LogP contribution in [0.3, 0.4) is 0 Å². The smallest absolute Gasteiger partial charge is 0.252 e. The highest BCUT2D eigenvalue weighted by atomic mass is 16.3. The van der Waals surface area contributed by atoms with Crippen LogP contribution in [-0.4, -0.2) is 30.5 Å². The van der Waals surface area contributed by atoms with E-state index >= 15 is 0 Å². The third-order valence-corrected chi connectivity index (χ3v) is 4.83. The van der Waals surface area contributed by atoms with Crippen LogP contribution < -0.4 is 5.32 Å². The second-order valence-corrected chi connectivity index (χ2v) is 6.71. The number of amides is 1. The van der Waals surface area contributed by atoms with Crippen molar-refractivity contribution in [1.29, 1.82) is 0 Å². The SMILES string of the molecule is CCn1nccc1[C@@H](C)NC(=O)c1cc(-c2ccco2)nc2c1c(C)nn2C. The van der Waals surface area contributed by atoms with Crippen molar-refractivity contribution in [3.63, 3.8) is 0 Å². The standard InChI is InChI=1S/C20H22N6O2/c1-5-26-16(8-9-21-26)12(2)22-20(27)14-11-15(17-7-6-10-28-17)23-19-18(14)13(3)24-25(19)4/h6-12H,5H2,1-4H3,(H,22,27)/t12-/m1/s1. The normalized spacial score (nSPS) is 12.4. The Morgan fingerprint density at radius 1 is 1.36 bits per heavy atom. The van der Waals surface area contributed by atoms with Crippen molar-refractivity contribution in [2.45, 2.75) is 33.4 Å². The van der Waals surface area contributed by atoms with Crippen LogP contribution in [0.1, 0.15) is 41.6 Å². The average Bonchev–Trinajstić information content (AvgIpc) is 3.42. The molecule has 0 unspecified atom stereocenters. The highest BCUT2D eigenvalue weighted by Gasteiger charge is 2.22. The van der Waals surface area contributed by atoms with E-state index in [-0.39, 0.29) is 11.9 Å². The Morgan fingerprint density at radius 2 is 2.18 bits per heavy atom. The molecule has 0 bridgehead atoms. The van der Waals surface area contributed by atoms with Gasteiger partial charge in [-0.05, 0) is 45.0 Å². The number of aromatic nitrogens is 5. The van der Waals surface area contributed by atoms with Crippen molar-refractivity contribution in [3.8, 4) is 11.5 Å². The molecule has 4 aromatic rings. The van der Waals surface area contributed by atoms with Crippen molar-refractivity contribution in [3.05, 3.63) is 53.7 Å². The molecule has 0 saturated carbocycles. The fourth-order valence-corrected chi connectivity index (χ4v) is 3.50. The molecule has 0 aliphatic carbocycles. The summed E-state index contributed by atoms with van der Waals surface area (Å²) in [6, 6.07) is 7.10. The van der Waals surface area contributed by atoms with E-state index < -0.39 is 0 Å². The molecular weight excluding hydrogens is 356 g/mol. The van der Waals surface area contributed by atoms with Gasteiger partial charge in [0.25, 0.3) is 5.91 Å². The Hall–Kier alpha value is -3.42. The first-order valence-corrected chi connectivity index (χ1v) is 9.20. The fraction of sp³-hybridized carbons (Fsp3) is 0.300. The van der Waals surface area contributed by atoms with Crippen LogP contribution in [-0.2, 0) is 13.6 Å². The van der Waals surface area contributed by atoms with Gasteiger partial charge in [0, 0.05) is 19.8 Å². The zero-order valence-corrected chi connectivity index (χ0v) is 16.3. The van der Waals surface area contributed by atoms with E-state index in [1.807, 2.05) is 44.6 Å². The van der Waals surface area contributed by atoms with Crippen LogP contribution in [0.2, 0.25) is 0 Å². The van der Waals surface area contributed by atoms with E-state index in [1.165, 1.54) is 0 Å². The molecule has 1 amide bonds. The van der Waals surface area contributed by atoms with E-state index in [9.17, 15) is 4.79 Å². The minimum atomic E-state index is -0.192. The van der Waals surface area contributed by atoms with Gasteiger partial charge in [0.05, 0.1) is 34.6 Å². The Labute approximate surface area is 162 Å². The molecule has 1 N–H and O–H groups in total. The second-order valence-electron chi connectivity index (χ2n) is 6.71.